The van der Waals surface area contributed by atoms with E-state index in [0.717, 1.165) is 12.8 Å². The van der Waals surface area contributed by atoms with Crippen molar-refractivity contribution >= 4 is 23.2 Å². The van der Waals surface area contributed by atoms with Gasteiger partial charge < -0.3 is 9.94 Å². The van der Waals surface area contributed by atoms with E-state index < -0.39 is 7.26 Å². The molecule has 32 heavy (non-hydrogen) atoms. The lowest BCUT2D eigenvalue weighted by molar-refractivity contribution is -0.259. The molecule has 3 nitrogen and oxygen atoms in total. The first-order valence-corrected chi connectivity index (χ1v) is 13.4. The standard InChI is InChI=1S/C28H35NO2P/c1-27(2)20-23(21-28(3,4)29(27)30)31-22-32(24-14-8-5-9-15-24,25-16-10-6-11-17-25)26-18-12-7-13-19-26/h5-19,23,30H,20-22H2,1-4H3/q+1. The van der Waals surface area contributed by atoms with Gasteiger partial charge >= 0.3 is 0 Å². The summed E-state index contributed by atoms with van der Waals surface area (Å²) in [6.07, 6.45) is 2.32. The number of piperidine rings is 1. The highest BCUT2D eigenvalue weighted by molar-refractivity contribution is 7.95. The molecule has 0 unspecified atom stereocenters. The average Bonchev–Trinajstić information content (AvgIpc) is 2.80. The fourth-order valence-corrected chi connectivity index (χ4v) is 9.05. The van der Waals surface area contributed by atoms with Crippen LogP contribution in [0.15, 0.2) is 91.0 Å². The van der Waals surface area contributed by atoms with E-state index in [0.29, 0.717) is 6.35 Å². The van der Waals surface area contributed by atoms with Gasteiger partial charge in [0.05, 0.1) is 6.10 Å². The van der Waals surface area contributed by atoms with Crippen LogP contribution in [0.4, 0.5) is 0 Å². The quantitative estimate of drug-likeness (QED) is 0.515. The van der Waals surface area contributed by atoms with Crippen LogP contribution in [0.25, 0.3) is 0 Å². The number of benzene rings is 3. The third kappa shape index (κ3) is 4.40. The zero-order valence-electron chi connectivity index (χ0n) is 19.6. The zero-order valence-corrected chi connectivity index (χ0v) is 20.5. The highest BCUT2D eigenvalue weighted by atomic mass is 31.2. The Bertz CT molecular complexity index is 891. The first-order valence-electron chi connectivity index (χ1n) is 11.4. The molecule has 0 saturated carbocycles. The third-order valence-corrected chi connectivity index (χ3v) is 10.8. The highest BCUT2D eigenvalue weighted by Crippen LogP contribution is 2.56. The minimum atomic E-state index is -2.02. The summed E-state index contributed by atoms with van der Waals surface area (Å²) in [6.45, 7) is 8.38. The highest BCUT2D eigenvalue weighted by Gasteiger charge is 2.49. The molecule has 0 aromatic heterocycles. The molecule has 3 aromatic rings. The van der Waals surface area contributed by atoms with Gasteiger partial charge in [0.2, 0.25) is 0 Å². The van der Waals surface area contributed by atoms with E-state index in [4.69, 9.17) is 4.74 Å². The van der Waals surface area contributed by atoms with E-state index in [9.17, 15) is 5.21 Å². The summed E-state index contributed by atoms with van der Waals surface area (Å²) < 4.78 is 6.84. The Morgan fingerprint density at radius 1 is 0.719 bits per heavy atom. The maximum Gasteiger partial charge on any atom is 0.171 e. The van der Waals surface area contributed by atoms with Crippen LogP contribution in [-0.2, 0) is 4.74 Å². The van der Waals surface area contributed by atoms with Crippen molar-refractivity contribution in [2.45, 2.75) is 57.7 Å². The number of hydrogen-bond donors (Lipinski definition) is 1. The Kier molecular flexibility index (Phi) is 6.56. The van der Waals surface area contributed by atoms with Gasteiger partial charge in [0.1, 0.15) is 23.2 Å². The second kappa shape index (κ2) is 9.08. The first kappa shape index (κ1) is 23.1. The van der Waals surface area contributed by atoms with Crippen molar-refractivity contribution in [2.75, 3.05) is 6.35 Å². The minimum Gasteiger partial charge on any atom is -0.342 e. The first-order chi connectivity index (χ1) is 15.3. The van der Waals surface area contributed by atoms with Gasteiger partial charge in [0.15, 0.2) is 6.35 Å². The lowest BCUT2D eigenvalue weighted by atomic mass is 9.80. The summed E-state index contributed by atoms with van der Waals surface area (Å²) >= 11 is 0. The molecule has 4 rings (SSSR count). The Balaban J connectivity index is 1.77. The number of rotatable bonds is 6. The summed E-state index contributed by atoms with van der Waals surface area (Å²) in [6, 6.07) is 32.5. The lowest BCUT2D eigenvalue weighted by Gasteiger charge is -2.51. The van der Waals surface area contributed by atoms with Crippen LogP contribution >= 0.6 is 7.26 Å². The Morgan fingerprint density at radius 3 is 1.41 bits per heavy atom. The Morgan fingerprint density at radius 2 is 1.06 bits per heavy atom. The summed E-state index contributed by atoms with van der Waals surface area (Å²) in [7, 11) is -2.02. The predicted molar refractivity (Wildman–Crippen MR) is 136 cm³/mol. The van der Waals surface area contributed by atoms with Gasteiger partial charge in [-0.15, -0.1) is 0 Å². The Labute approximate surface area is 193 Å². The minimum absolute atomic E-state index is 0.0823. The van der Waals surface area contributed by atoms with E-state index in [1.165, 1.54) is 21.0 Å². The molecule has 0 atom stereocenters. The van der Waals surface area contributed by atoms with Gasteiger partial charge in [-0.1, -0.05) is 54.6 Å². The van der Waals surface area contributed by atoms with Crippen LogP contribution in [0.1, 0.15) is 40.5 Å². The lowest BCUT2D eigenvalue weighted by Crippen LogP contribution is -2.60. The molecule has 1 N–H and O–H groups in total. The summed E-state index contributed by atoms with van der Waals surface area (Å²) in [4.78, 5) is 0. The maximum atomic E-state index is 10.7. The van der Waals surface area contributed by atoms with Crippen molar-refractivity contribution in [2.24, 2.45) is 0 Å². The molecule has 0 bridgehead atoms. The van der Waals surface area contributed by atoms with Crippen LogP contribution in [0.5, 0.6) is 0 Å². The molecule has 0 radical (unpaired) electrons. The van der Waals surface area contributed by atoms with Crippen LogP contribution in [-0.4, -0.2) is 33.8 Å². The van der Waals surface area contributed by atoms with Crippen molar-refractivity contribution in [3.05, 3.63) is 91.0 Å². The Hall–Kier alpha value is -2.03. The van der Waals surface area contributed by atoms with Gasteiger partial charge in [0.25, 0.3) is 0 Å². The van der Waals surface area contributed by atoms with Gasteiger partial charge in [-0.2, -0.15) is 5.06 Å². The third-order valence-electron chi connectivity index (χ3n) is 6.70. The number of hydrogen-bond acceptors (Lipinski definition) is 3. The van der Waals surface area contributed by atoms with E-state index in [1.54, 1.807) is 0 Å². The number of hydroxylamine groups is 2. The van der Waals surface area contributed by atoms with Crippen LogP contribution in [0, 0.1) is 0 Å². The molecular weight excluding hydrogens is 413 g/mol. The van der Waals surface area contributed by atoms with Gasteiger partial charge in [-0.25, -0.2) is 0 Å². The molecule has 0 aliphatic carbocycles. The molecule has 1 saturated heterocycles. The number of nitrogens with zero attached hydrogens (tertiary/aromatic N) is 1. The second-order valence-corrected chi connectivity index (χ2v) is 13.5. The van der Waals surface area contributed by atoms with E-state index in [1.807, 2.05) is 0 Å². The van der Waals surface area contributed by atoms with Crippen LogP contribution in [0.2, 0.25) is 0 Å². The molecular formula is C28H35NO2P+. The zero-order chi connectivity index (χ0) is 22.8. The molecule has 1 heterocycles. The largest absolute Gasteiger partial charge is 0.342 e. The second-order valence-electron chi connectivity index (χ2n) is 10.1. The van der Waals surface area contributed by atoms with Gasteiger partial charge in [-0.05, 0) is 76.9 Å². The molecule has 0 spiro atoms. The van der Waals surface area contributed by atoms with E-state index in [-0.39, 0.29) is 17.2 Å². The predicted octanol–water partition coefficient (Wildman–Crippen LogP) is 5.37. The topological polar surface area (TPSA) is 32.7 Å². The summed E-state index contributed by atoms with van der Waals surface area (Å²) in [5, 5.41) is 16.2. The van der Waals surface area contributed by atoms with Gasteiger partial charge in [-0.3, -0.25) is 0 Å². The number of ether oxygens (including phenoxy) is 1. The van der Waals surface area contributed by atoms with Crippen LogP contribution < -0.4 is 15.9 Å². The van der Waals surface area contributed by atoms with E-state index >= 15 is 0 Å². The molecule has 3 aromatic carbocycles. The van der Waals surface area contributed by atoms with E-state index in [2.05, 4.69) is 119 Å². The summed E-state index contributed by atoms with van der Waals surface area (Å²) in [5.74, 6) is 0. The molecule has 0 amide bonds. The normalized spacial score (nSPS) is 19.0. The molecule has 4 heteroatoms. The van der Waals surface area contributed by atoms with Crippen molar-refractivity contribution in [1.29, 1.82) is 0 Å². The SMILES string of the molecule is CC1(C)CC(OC[P+](c2ccccc2)(c2ccccc2)c2ccccc2)CC(C)(C)N1O. The maximum absolute atomic E-state index is 10.7. The monoisotopic (exact) mass is 448 g/mol. The fourth-order valence-electron chi connectivity index (χ4n) is 5.23. The summed E-state index contributed by atoms with van der Waals surface area (Å²) in [5.41, 5.74) is -0.667. The fraction of sp³-hybridized carbons (Fsp3) is 0.357. The van der Waals surface area contributed by atoms with Crippen molar-refractivity contribution in [3.8, 4) is 0 Å². The van der Waals surface area contributed by atoms with Crippen molar-refractivity contribution in [3.63, 3.8) is 0 Å². The van der Waals surface area contributed by atoms with Crippen molar-refractivity contribution < 1.29 is 9.94 Å². The smallest absolute Gasteiger partial charge is 0.171 e. The molecule has 168 valence electrons. The molecule has 1 fully saturated rings. The van der Waals surface area contributed by atoms with Gasteiger partial charge in [0, 0.05) is 11.1 Å². The van der Waals surface area contributed by atoms with Crippen molar-refractivity contribution in [1.82, 2.24) is 5.06 Å². The molecule has 1 aliphatic rings. The van der Waals surface area contributed by atoms with Crippen LogP contribution in [0.3, 0.4) is 0 Å². The molecule has 1 aliphatic heterocycles. The average molecular weight is 449 g/mol.